The Morgan fingerprint density at radius 2 is 1.60 bits per heavy atom. The van der Waals surface area contributed by atoms with Gasteiger partial charge in [-0.05, 0) is 31.8 Å². The van der Waals surface area contributed by atoms with E-state index in [0.29, 0.717) is 5.76 Å². The van der Waals surface area contributed by atoms with Crippen molar-refractivity contribution in [1.29, 1.82) is 0 Å². The van der Waals surface area contributed by atoms with Gasteiger partial charge in [0.2, 0.25) is 0 Å². The minimum absolute atomic E-state index is 0.568. The number of aliphatic hydroxyl groups excluding tert-OH is 1. The standard InChI is InChI=1S/C14H26O/c1-3-5-7-8-9-10-11-13-14(15)12-6-4-2/h8-9,12,15H,3-7,10-11,13H2,1-2H3/b9-8?,14-12-. The first-order valence-electron chi connectivity index (χ1n) is 6.34. The fraction of sp³-hybridized carbons (Fsp3) is 0.714. The van der Waals surface area contributed by atoms with Crippen molar-refractivity contribution in [2.75, 3.05) is 0 Å². The molecule has 0 rings (SSSR count). The number of hydrogen-bond acceptors (Lipinski definition) is 1. The van der Waals surface area contributed by atoms with E-state index in [9.17, 15) is 5.11 Å². The average molecular weight is 210 g/mol. The van der Waals surface area contributed by atoms with E-state index in [1.54, 1.807) is 0 Å². The molecule has 1 nitrogen and oxygen atoms in total. The molecule has 0 saturated carbocycles. The molecule has 0 bridgehead atoms. The minimum Gasteiger partial charge on any atom is -0.513 e. The van der Waals surface area contributed by atoms with E-state index in [0.717, 1.165) is 32.1 Å². The number of hydrogen-bond donors (Lipinski definition) is 1. The molecule has 88 valence electrons. The van der Waals surface area contributed by atoms with E-state index in [-0.39, 0.29) is 0 Å². The van der Waals surface area contributed by atoms with Gasteiger partial charge < -0.3 is 5.11 Å². The zero-order valence-corrected chi connectivity index (χ0v) is 10.3. The first-order chi connectivity index (χ1) is 7.31. The van der Waals surface area contributed by atoms with Crippen LogP contribution in [0.5, 0.6) is 0 Å². The molecule has 0 aliphatic heterocycles. The van der Waals surface area contributed by atoms with E-state index in [1.165, 1.54) is 19.3 Å². The van der Waals surface area contributed by atoms with Crippen molar-refractivity contribution in [2.24, 2.45) is 0 Å². The maximum atomic E-state index is 9.46. The van der Waals surface area contributed by atoms with Crippen molar-refractivity contribution in [3.8, 4) is 0 Å². The molecule has 1 N–H and O–H groups in total. The van der Waals surface area contributed by atoms with Gasteiger partial charge in [-0.15, -0.1) is 0 Å². The molecule has 0 atom stereocenters. The molecule has 0 spiro atoms. The normalized spacial score (nSPS) is 12.5. The Morgan fingerprint density at radius 3 is 2.20 bits per heavy atom. The third-order valence-electron chi connectivity index (χ3n) is 2.36. The lowest BCUT2D eigenvalue weighted by Crippen LogP contribution is -1.81. The average Bonchev–Trinajstić information content (AvgIpc) is 2.25. The minimum atomic E-state index is 0.568. The molecule has 0 amide bonds. The topological polar surface area (TPSA) is 20.2 Å². The number of allylic oxidation sites excluding steroid dienone is 4. The Balaban J connectivity index is 3.33. The van der Waals surface area contributed by atoms with E-state index in [4.69, 9.17) is 0 Å². The molecule has 15 heavy (non-hydrogen) atoms. The van der Waals surface area contributed by atoms with Crippen molar-refractivity contribution in [1.82, 2.24) is 0 Å². The van der Waals surface area contributed by atoms with Crippen LogP contribution < -0.4 is 0 Å². The van der Waals surface area contributed by atoms with E-state index in [2.05, 4.69) is 26.0 Å². The fourth-order valence-corrected chi connectivity index (χ4v) is 1.37. The third kappa shape index (κ3) is 11.2. The Labute approximate surface area is 94.9 Å². The van der Waals surface area contributed by atoms with Gasteiger partial charge in [-0.2, -0.15) is 0 Å². The van der Waals surface area contributed by atoms with Crippen molar-refractivity contribution in [2.45, 2.75) is 65.2 Å². The van der Waals surface area contributed by atoms with Crippen molar-refractivity contribution in [3.05, 3.63) is 24.0 Å². The van der Waals surface area contributed by atoms with Crippen LogP contribution in [0, 0.1) is 0 Å². The first kappa shape index (κ1) is 14.3. The molecule has 0 radical (unpaired) electrons. The van der Waals surface area contributed by atoms with Crippen LogP contribution in [-0.2, 0) is 0 Å². The lowest BCUT2D eigenvalue weighted by molar-refractivity contribution is 0.381. The van der Waals surface area contributed by atoms with Crippen LogP contribution in [-0.4, -0.2) is 5.11 Å². The molecular weight excluding hydrogens is 184 g/mol. The maximum Gasteiger partial charge on any atom is 0.0882 e. The van der Waals surface area contributed by atoms with Crippen LogP contribution in [0.25, 0.3) is 0 Å². The summed E-state index contributed by atoms with van der Waals surface area (Å²) in [6.45, 7) is 4.34. The highest BCUT2D eigenvalue weighted by Crippen LogP contribution is 2.07. The van der Waals surface area contributed by atoms with Gasteiger partial charge >= 0.3 is 0 Å². The molecular formula is C14H26O. The number of unbranched alkanes of at least 4 members (excludes halogenated alkanes) is 4. The lowest BCUT2D eigenvalue weighted by atomic mass is 10.1. The van der Waals surface area contributed by atoms with Gasteiger partial charge in [-0.3, -0.25) is 0 Å². The second kappa shape index (κ2) is 11.4. The highest BCUT2D eigenvalue weighted by Gasteiger charge is 1.91. The molecule has 0 aromatic carbocycles. The zero-order valence-electron chi connectivity index (χ0n) is 10.3. The van der Waals surface area contributed by atoms with Crippen molar-refractivity contribution < 1.29 is 5.11 Å². The quantitative estimate of drug-likeness (QED) is 0.317. The summed E-state index contributed by atoms with van der Waals surface area (Å²) < 4.78 is 0. The van der Waals surface area contributed by atoms with Gasteiger partial charge in [0.05, 0.1) is 5.76 Å². The monoisotopic (exact) mass is 210 g/mol. The molecule has 0 fully saturated rings. The Kier molecular flexibility index (Phi) is 10.8. The highest BCUT2D eigenvalue weighted by molar-refractivity contribution is 4.91. The third-order valence-corrected chi connectivity index (χ3v) is 2.36. The van der Waals surface area contributed by atoms with Crippen LogP contribution in [0.4, 0.5) is 0 Å². The van der Waals surface area contributed by atoms with Crippen LogP contribution in [0.1, 0.15) is 65.2 Å². The molecule has 0 heterocycles. The van der Waals surface area contributed by atoms with Crippen LogP contribution >= 0.6 is 0 Å². The first-order valence-corrected chi connectivity index (χ1v) is 6.34. The summed E-state index contributed by atoms with van der Waals surface area (Å²) in [6, 6.07) is 0. The lowest BCUT2D eigenvalue weighted by Gasteiger charge is -1.97. The molecule has 0 aromatic heterocycles. The molecule has 0 saturated heterocycles. The fourth-order valence-electron chi connectivity index (χ4n) is 1.37. The van der Waals surface area contributed by atoms with Gasteiger partial charge in [-0.25, -0.2) is 0 Å². The van der Waals surface area contributed by atoms with Crippen LogP contribution in [0.2, 0.25) is 0 Å². The van der Waals surface area contributed by atoms with Crippen molar-refractivity contribution in [3.63, 3.8) is 0 Å². The second-order valence-electron chi connectivity index (χ2n) is 3.99. The summed E-state index contributed by atoms with van der Waals surface area (Å²) >= 11 is 0. The molecule has 0 aromatic rings. The Hall–Kier alpha value is -0.720. The predicted molar refractivity (Wildman–Crippen MR) is 68.1 cm³/mol. The smallest absolute Gasteiger partial charge is 0.0882 e. The van der Waals surface area contributed by atoms with E-state index < -0.39 is 0 Å². The van der Waals surface area contributed by atoms with E-state index >= 15 is 0 Å². The van der Waals surface area contributed by atoms with E-state index in [1.807, 2.05) is 6.08 Å². The second-order valence-corrected chi connectivity index (χ2v) is 3.99. The molecule has 1 heteroatoms. The molecule has 0 aliphatic carbocycles. The Bertz CT molecular complexity index is 180. The van der Waals surface area contributed by atoms with Gasteiger partial charge in [0, 0.05) is 6.42 Å². The predicted octanol–water partition coefficient (Wildman–Crippen LogP) is 5.15. The summed E-state index contributed by atoms with van der Waals surface area (Å²) in [7, 11) is 0. The summed E-state index contributed by atoms with van der Waals surface area (Å²) in [4.78, 5) is 0. The van der Waals surface area contributed by atoms with Crippen LogP contribution in [0.3, 0.4) is 0 Å². The Morgan fingerprint density at radius 1 is 0.933 bits per heavy atom. The largest absolute Gasteiger partial charge is 0.513 e. The van der Waals surface area contributed by atoms with Gasteiger partial charge in [0.1, 0.15) is 0 Å². The summed E-state index contributed by atoms with van der Waals surface area (Å²) in [5.41, 5.74) is 0. The summed E-state index contributed by atoms with van der Waals surface area (Å²) in [5.74, 6) is 0.568. The van der Waals surface area contributed by atoms with Gasteiger partial charge in [0.25, 0.3) is 0 Å². The van der Waals surface area contributed by atoms with Crippen LogP contribution in [0.15, 0.2) is 24.0 Å². The number of aliphatic hydroxyl groups is 1. The highest BCUT2D eigenvalue weighted by atomic mass is 16.3. The SMILES string of the molecule is CCC/C=C(\O)CCCC=CCCCC. The maximum absolute atomic E-state index is 9.46. The van der Waals surface area contributed by atoms with Gasteiger partial charge in [0.15, 0.2) is 0 Å². The molecule has 0 aliphatic rings. The number of rotatable bonds is 9. The van der Waals surface area contributed by atoms with Gasteiger partial charge in [-0.1, -0.05) is 45.3 Å². The molecule has 0 unspecified atom stereocenters. The summed E-state index contributed by atoms with van der Waals surface area (Å²) in [6.07, 6.45) is 15.3. The zero-order chi connectivity index (χ0) is 11.4. The summed E-state index contributed by atoms with van der Waals surface area (Å²) in [5, 5.41) is 9.46. The van der Waals surface area contributed by atoms with Crippen molar-refractivity contribution >= 4 is 0 Å².